The lowest BCUT2D eigenvalue weighted by atomic mass is 10.1. The number of nitrogens with one attached hydrogen (secondary N) is 2. The van der Waals surface area contributed by atoms with E-state index in [0.29, 0.717) is 5.82 Å². The summed E-state index contributed by atoms with van der Waals surface area (Å²) in [7, 11) is -3.34. The molecule has 0 fully saturated rings. The molecule has 102 valence electrons. The molecule has 1 heterocycles. The van der Waals surface area contributed by atoms with Gasteiger partial charge in [-0.15, -0.1) is 0 Å². The predicted octanol–water partition coefficient (Wildman–Crippen LogP) is 2.91. The van der Waals surface area contributed by atoms with Gasteiger partial charge in [0.05, 0.1) is 5.75 Å². The Morgan fingerprint density at radius 1 is 1.42 bits per heavy atom. The molecule has 0 aliphatic heterocycles. The molecule has 0 aliphatic rings. The van der Waals surface area contributed by atoms with Gasteiger partial charge in [-0.25, -0.2) is 8.42 Å². The van der Waals surface area contributed by atoms with E-state index in [1.54, 1.807) is 6.92 Å². The highest BCUT2D eigenvalue weighted by Gasteiger charge is 2.17. The van der Waals surface area contributed by atoms with Crippen LogP contribution in [0.1, 0.15) is 12.6 Å². The lowest BCUT2D eigenvalue weighted by molar-refractivity contribution is 0.602. The first-order valence-electron chi connectivity index (χ1n) is 5.74. The molecule has 0 amide bonds. The summed E-state index contributed by atoms with van der Waals surface area (Å²) in [6.45, 7) is 3.44. The highest BCUT2D eigenvalue weighted by atomic mass is 79.9. The molecule has 0 saturated carbocycles. The van der Waals surface area contributed by atoms with Crippen LogP contribution in [0.3, 0.4) is 0 Å². The Morgan fingerprint density at radius 2 is 2.16 bits per heavy atom. The van der Waals surface area contributed by atoms with Crippen LogP contribution in [0.5, 0.6) is 0 Å². The largest absolute Gasteiger partial charge is 0.280 e. The number of aryl methyl sites for hydroxylation is 1. The Labute approximate surface area is 120 Å². The second-order valence-electron chi connectivity index (χ2n) is 4.09. The third-order valence-electron chi connectivity index (χ3n) is 2.69. The van der Waals surface area contributed by atoms with Crippen molar-refractivity contribution in [2.45, 2.75) is 13.8 Å². The van der Waals surface area contributed by atoms with Crippen molar-refractivity contribution in [3.63, 3.8) is 0 Å². The molecule has 2 N–H and O–H groups in total. The zero-order chi connectivity index (χ0) is 14.0. The normalized spacial score (nSPS) is 11.5. The monoisotopic (exact) mass is 343 g/mol. The summed E-state index contributed by atoms with van der Waals surface area (Å²) in [6.07, 6.45) is 0. The number of benzene rings is 1. The molecule has 0 radical (unpaired) electrons. The van der Waals surface area contributed by atoms with E-state index in [2.05, 4.69) is 30.8 Å². The van der Waals surface area contributed by atoms with Gasteiger partial charge in [0.15, 0.2) is 5.82 Å². The minimum Gasteiger partial charge on any atom is -0.280 e. The Kier molecular flexibility index (Phi) is 3.96. The molecule has 0 aliphatic carbocycles. The number of aromatic amines is 1. The highest BCUT2D eigenvalue weighted by molar-refractivity contribution is 9.10. The molecule has 19 heavy (non-hydrogen) atoms. The average Bonchev–Trinajstić information content (AvgIpc) is 2.70. The second-order valence-corrected chi connectivity index (χ2v) is 7.01. The first-order chi connectivity index (χ1) is 8.93. The van der Waals surface area contributed by atoms with Crippen LogP contribution in [-0.2, 0) is 10.0 Å². The average molecular weight is 344 g/mol. The standard InChI is InChI=1S/C12H14BrN3O2S/c1-3-19(17,18)16-12-11(8(2)14-15-12)9-5-4-6-10(13)7-9/h4-7H,3H2,1-2H3,(H2,14,15,16). The lowest BCUT2D eigenvalue weighted by Crippen LogP contribution is -2.15. The zero-order valence-corrected chi connectivity index (χ0v) is 13.0. The molecule has 5 nitrogen and oxygen atoms in total. The Morgan fingerprint density at radius 3 is 2.79 bits per heavy atom. The van der Waals surface area contributed by atoms with Gasteiger partial charge in [-0.05, 0) is 31.5 Å². The van der Waals surface area contributed by atoms with Gasteiger partial charge < -0.3 is 0 Å². The molecule has 0 unspecified atom stereocenters. The molecule has 0 atom stereocenters. The van der Waals surface area contributed by atoms with Crippen LogP contribution < -0.4 is 4.72 Å². The molecule has 1 aromatic heterocycles. The Hall–Kier alpha value is -1.34. The van der Waals surface area contributed by atoms with Crippen molar-refractivity contribution in [1.82, 2.24) is 10.2 Å². The van der Waals surface area contributed by atoms with E-state index in [-0.39, 0.29) is 5.75 Å². The van der Waals surface area contributed by atoms with Gasteiger partial charge in [0.25, 0.3) is 0 Å². The molecule has 2 rings (SSSR count). The van der Waals surface area contributed by atoms with Gasteiger partial charge in [-0.3, -0.25) is 9.82 Å². The smallest absolute Gasteiger partial charge is 0.233 e. The maximum Gasteiger partial charge on any atom is 0.233 e. The number of hydrogen-bond donors (Lipinski definition) is 2. The third kappa shape index (κ3) is 3.16. The summed E-state index contributed by atoms with van der Waals surface area (Å²) in [5, 5.41) is 6.83. The Balaban J connectivity index is 2.49. The summed E-state index contributed by atoms with van der Waals surface area (Å²) in [6, 6.07) is 7.63. The van der Waals surface area contributed by atoms with E-state index in [0.717, 1.165) is 21.3 Å². The fourth-order valence-corrected chi connectivity index (χ4v) is 2.71. The zero-order valence-electron chi connectivity index (χ0n) is 10.6. The van der Waals surface area contributed by atoms with E-state index in [4.69, 9.17) is 0 Å². The summed E-state index contributed by atoms with van der Waals surface area (Å²) in [4.78, 5) is 0. The van der Waals surface area contributed by atoms with Crippen molar-refractivity contribution in [3.8, 4) is 11.1 Å². The topological polar surface area (TPSA) is 74.8 Å². The third-order valence-corrected chi connectivity index (χ3v) is 4.45. The minimum atomic E-state index is -3.34. The van der Waals surface area contributed by atoms with Gasteiger partial charge in [0.2, 0.25) is 10.0 Å². The van der Waals surface area contributed by atoms with Crippen LogP contribution in [0.2, 0.25) is 0 Å². The maximum absolute atomic E-state index is 11.7. The molecule has 7 heteroatoms. The summed E-state index contributed by atoms with van der Waals surface area (Å²) in [5.74, 6) is 0.342. The van der Waals surface area contributed by atoms with Crippen LogP contribution in [0.4, 0.5) is 5.82 Å². The first kappa shape index (κ1) is 14.1. The maximum atomic E-state index is 11.7. The predicted molar refractivity (Wildman–Crippen MR) is 79.5 cm³/mol. The minimum absolute atomic E-state index is 0.0107. The molecule has 0 spiro atoms. The number of hydrogen-bond acceptors (Lipinski definition) is 3. The molecule has 1 aromatic carbocycles. The molecule has 0 saturated heterocycles. The summed E-state index contributed by atoms with van der Waals surface area (Å²) < 4.78 is 26.7. The van der Waals surface area contributed by atoms with E-state index < -0.39 is 10.0 Å². The number of aromatic nitrogens is 2. The van der Waals surface area contributed by atoms with E-state index >= 15 is 0 Å². The van der Waals surface area contributed by atoms with Crippen molar-refractivity contribution < 1.29 is 8.42 Å². The van der Waals surface area contributed by atoms with E-state index in [1.165, 1.54) is 0 Å². The molecular weight excluding hydrogens is 330 g/mol. The SMILES string of the molecule is CCS(=O)(=O)Nc1n[nH]c(C)c1-c1cccc(Br)c1. The van der Waals surface area contributed by atoms with Crippen molar-refractivity contribution in [1.29, 1.82) is 0 Å². The molecule has 2 aromatic rings. The fraction of sp³-hybridized carbons (Fsp3) is 0.250. The van der Waals surface area contributed by atoms with Gasteiger partial charge >= 0.3 is 0 Å². The summed E-state index contributed by atoms with van der Waals surface area (Å²) >= 11 is 3.40. The van der Waals surface area contributed by atoms with Crippen LogP contribution >= 0.6 is 15.9 Å². The number of nitrogens with zero attached hydrogens (tertiary/aromatic N) is 1. The van der Waals surface area contributed by atoms with Crippen molar-refractivity contribution >= 4 is 31.8 Å². The van der Waals surface area contributed by atoms with Crippen LogP contribution in [0.15, 0.2) is 28.7 Å². The number of halogens is 1. The lowest BCUT2D eigenvalue weighted by Gasteiger charge is -2.07. The second kappa shape index (κ2) is 5.34. The molecule has 0 bridgehead atoms. The van der Waals surface area contributed by atoms with Crippen molar-refractivity contribution in [2.24, 2.45) is 0 Å². The van der Waals surface area contributed by atoms with Crippen molar-refractivity contribution in [3.05, 3.63) is 34.4 Å². The fourth-order valence-electron chi connectivity index (χ4n) is 1.72. The quantitative estimate of drug-likeness (QED) is 0.896. The molecular formula is C12H14BrN3O2S. The van der Waals surface area contributed by atoms with Gasteiger partial charge in [0.1, 0.15) is 0 Å². The van der Waals surface area contributed by atoms with Gasteiger partial charge in [-0.2, -0.15) is 5.10 Å². The number of H-pyrrole nitrogens is 1. The highest BCUT2D eigenvalue weighted by Crippen LogP contribution is 2.31. The van der Waals surface area contributed by atoms with Crippen LogP contribution in [0, 0.1) is 6.92 Å². The first-order valence-corrected chi connectivity index (χ1v) is 8.19. The van der Waals surface area contributed by atoms with Crippen LogP contribution in [0.25, 0.3) is 11.1 Å². The van der Waals surface area contributed by atoms with E-state index in [9.17, 15) is 8.42 Å². The Bertz CT molecular complexity index is 695. The summed E-state index contributed by atoms with van der Waals surface area (Å²) in [5.41, 5.74) is 2.47. The van der Waals surface area contributed by atoms with Gasteiger partial charge in [0, 0.05) is 15.7 Å². The van der Waals surface area contributed by atoms with Crippen LogP contribution in [-0.4, -0.2) is 24.4 Å². The number of rotatable bonds is 4. The van der Waals surface area contributed by atoms with E-state index in [1.807, 2.05) is 31.2 Å². The van der Waals surface area contributed by atoms with Gasteiger partial charge in [-0.1, -0.05) is 28.1 Å². The van der Waals surface area contributed by atoms with Crippen molar-refractivity contribution in [2.75, 3.05) is 10.5 Å². The number of anilines is 1. The number of sulfonamides is 1.